The lowest BCUT2D eigenvalue weighted by molar-refractivity contribution is -0.120. The summed E-state index contributed by atoms with van der Waals surface area (Å²) in [4.78, 5) is 16.9. The number of amides is 1. The summed E-state index contributed by atoms with van der Waals surface area (Å²) in [5, 5.41) is 5.41. The Morgan fingerprint density at radius 1 is 1.35 bits per heavy atom. The number of carbonyl (C=O) groups is 1. The number of nitrogens with zero attached hydrogens (tertiary/aromatic N) is 2. The van der Waals surface area contributed by atoms with Gasteiger partial charge in [-0.3, -0.25) is 4.79 Å². The molecule has 0 radical (unpaired) electrons. The van der Waals surface area contributed by atoms with Crippen LogP contribution >= 0.6 is 34.3 Å². The third-order valence-corrected chi connectivity index (χ3v) is 8.68. The molecule has 0 aliphatic carbocycles. The zero-order valence-corrected chi connectivity index (χ0v) is 17.6. The Kier molecular flexibility index (Phi) is 6.03. The van der Waals surface area contributed by atoms with Crippen molar-refractivity contribution < 1.29 is 13.2 Å². The second-order valence-corrected chi connectivity index (χ2v) is 11.2. The SMILES string of the molecule is CC(C)c1csc(NC(=O)C2CCN(S(=O)(=O)c3ccc(Cl)s3)CC2)n1. The number of anilines is 1. The van der Waals surface area contributed by atoms with Crippen molar-refractivity contribution in [1.82, 2.24) is 9.29 Å². The zero-order valence-electron chi connectivity index (χ0n) is 14.4. The van der Waals surface area contributed by atoms with Gasteiger partial charge < -0.3 is 5.32 Å². The van der Waals surface area contributed by atoms with Crippen molar-refractivity contribution in [3.05, 3.63) is 27.5 Å². The van der Waals surface area contributed by atoms with E-state index in [-0.39, 0.29) is 16.0 Å². The number of thiophene rings is 1. The molecule has 10 heteroatoms. The predicted molar refractivity (Wildman–Crippen MR) is 106 cm³/mol. The minimum absolute atomic E-state index is 0.0918. The molecule has 3 heterocycles. The molecule has 1 amide bonds. The van der Waals surface area contributed by atoms with Crippen LogP contribution in [0.5, 0.6) is 0 Å². The van der Waals surface area contributed by atoms with Crippen LogP contribution in [0, 0.1) is 5.92 Å². The summed E-state index contributed by atoms with van der Waals surface area (Å²) in [6, 6.07) is 3.11. The maximum Gasteiger partial charge on any atom is 0.252 e. The van der Waals surface area contributed by atoms with E-state index in [0.29, 0.717) is 41.3 Å². The molecule has 1 aliphatic rings. The summed E-state index contributed by atoms with van der Waals surface area (Å²) in [5.74, 6) is 0.0155. The first-order chi connectivity index (χ1) is 12.3. The molecular formula is C16H20ClN3O3S3. The Morgan fingerprint density at radius 2 is 2.04 bits per heavy atom. The smallest absolute Gasteiger partial charge is 0.252 e. The van der Waals surface area contributed by atoms with E-state index in [1.807, 2.05) is 5.38 Å². The van der Waals surface area contributed by atoms with E-state index in [4.69, 9.17) is 11.6 Å². The normalized spacial score (nSPS) is 16.9. The first-order valence-electron chi connectivity index (χ1n) is 8.29. The number of carbonyl (C=O) groups excluding carboxylic acids is 1. The summed E-state index contributed by atoms with van der Waals surface area (Å²) in [5.41, 5.74) is 0.959. The van der Waals surface area contributed by atoms with Gasteiger partial charge in [-0.2, -0.15) is 4.31 Å². The lowest BCUT2D eigenvalue weighted by Gasteiger charge is -2.29. The van der Waals surface area contributed by atoms with Gasteiger partial charge in [0.25, 0.3) is 10.0 Å². The molecule has 0 unspecified atom stereocenters. The zero-order chi connectivity index (χ0) is 18.9. The van der Waals surface area contributed by atoms with E-state index < -0.39 is 10.0 Å². The van der Waals surface area contributed by atoms with Crippen LogP contribution in [-0.2, 0) is 14.8 Å². The molecule has 1 N–H and O–H groups in total. The van der Waals surface area contributed by atoms with Crippen LogP contribution in [0.2, 0.25) is 4.34 Å². The quantitative estimate of drug-likeness (QED) is 0.772. The number of thiazole rings is 1. The molecule has 0 spiro atoms. The molecule has 1 saturated heterocycles. The molecule has 2 aromatic rings. The van der Waals surface area contributed by atoms with Crippen molar-refractivity contribution in [3.63, 3.8) is 0 Å². The van der Waals surface area contributed by atoms with Crippen molar-refractivity contribution in [1.29, 1.82) is 0 Å². The number of halogens is 1. The van der Waals surface area contributed by atoms with Gasteiger partial charge in [0, 0.05) is 24.4 Å². The average Bonchev–Trinajstić information content (AvgIpc) is 3.24. The predicted octanol–water partition coefficient (Wildman–Crippen LogP) is 4.02. The third-order valence-electron chi connectivity index (χ3n) is 4.31. The Balaban J connectivity index is 1.58. The van der Waals surface area contributed by atoms with Gasteiger partial charge in [0.05, 0.1) is 10.0 Å². The molecule has 2 aromatic heterocycles. The molecule has 6 nitrogen and oxygen atoms in total. The van der Waals surface area contributed by atoms with E-state index in [9.17, 15) is 13.2 Å². The van der Waals surface area contributed by atoms with Gasteiger partial charge in [0.1, 0.15) is 4.21 Å². The molecule has 0 atom stereocenters. The molecule has 26 heavy (non-hydrogen) atoms. The summed E-state index contributed by atoms with van der Waals surface area (Å²) < 4.78 is 27.3. The second kappa shape index (κ2) is 7.93. The minimum atomic E-state index is -3.53. The average molecular weight is 434 g/mol. The topological polar surface area (TPSA) is 79.4 Å². The summed E-state index contributed by atoms with van der Waals surface area (Å²) >= 11 is 8.31. The second-order valence-electron chi connectivity index (χ2n) is 6.46. The summed E-state index contributed by atoms with van der Waals surface area (Å²) in [6.45, 7) is 4.76. The van der Waals surface area contributed by atoms with Crippen molar-refractivity contribution in [2.75, 3.05) is 18.4 Å². The van der Waals surface area contributed by atoms with Crippen LogP contribution in [0.25, 0.3) is 0 Å². The summed E-state index contributed by atoms with van der Waals surface area (Å²) in [6.07, 6.45) is 0.985. The number of nitrogens with one attached hydrogen (secondary N) is 1. The molecule has 3 rings (SSSR count). The highest BCUT2D eigenvalue weighted by atomic mass is 35.5. The highest BCUT2D eigenvalue weighted by Crippen LogP contribution is 2.31. The Labute approximate surface area is 166 Å². The largest absolute Gasteiger partial charge is 0.302 e. The maximum atomic E-state index is 12.6. The maximum absolute atomic E-state index is 12.6. The Morgan fingerprint density at radius 3 is 2.58 bits per heavy atom. The van der Waals surface area contributed by atoms with Gasteiger partial charge in [-0.05, 0) is 30.9 Å². The molecule has 0 saturated carbocycles. The lowest BCUT2D eigenvalue weighted by atomic mass is 9.97. The van der Waals surface area contributed by atoms with Gasteiger partial charge in [-0.15, -0.1) is 22.7 Å². The van der Waals surface area contributed by atoms with E-state index in [1.165, 1.54) is 21.7 Å². The first-order valence-corrected chi connectivity index (χ1v) is 11.8. The Hall–Kier alpha value is -1.00. The molecule has 0 bridgehead atoms. The van der Waals surface area contributed by atoms with Gasteiger partial charge in [0.2, 0.25) is 5.91 Å². The number of aromatic nitrogens is 1. The fourth-order valence-corrected chi connectivity index (χ4v) is 6.72. The van der Waals surface area contributed by atoms with E-state index >= 15 is 0 Å². The highest BCUT2D eigenvalue weighted by Gasteiger charge is 2.33. The number of hydrogen-bond acceptors (Lipinski definition) is 6. The molecule has 1 aliphatic heterocycles. The van der Waals surface area contributed by atoms with Crippen LogP contribution < -0.4 is 5.32 Å². The van der Waals surface area contributed by atoms with E-state index in [2.05, 4.69) is 24.1 Å². The standard InChI is InChI=1S/C16H20ClN3O3S3/c1-10(2)12-9-24-16(18-12)19-15(21)11-5-7-20(8-6-11)26(22,23)14-4-3-13(17)25-14/h3-4,9-11H,5-8H2,1-2H3,(H,18,19,21). The number of piperidine rings is 1. The van der Waals surface area contributed by atoms with Crippen LogP contribution in [0.4, 0.5) is 5.13 Å². The minimum Gasteiger partial charge on any atom is -0.302 e. The van der Waals surface area contributed by atoms with Crippen molar-refractivity contribution in [2.45, 2.75) is 36.8 Å². The fourth-order valence-electron chi connectivity index (χ4n) is 2.74. The van der Waals surface area contributed by atoms with Crippen LogP contribution in [0.1, 0.15) is 38.3 Å². The van der Waals surface area contributed by atoms with E-state index in [0.717, 1.165) is 17.0 Å². The molecule has 142 valence electrons. The lowest BCUT2D eigenvalue weighted by Crippen LogP contribution is -2.41. The number of sulfonamides is 1. The first kappa shape index (κ1) is 19.8. The fraction of sp³-hybridized carbons (Fsp3) is 0.500. The van der Waals surface area contributed by atoms with Crippen molar-refractivity contribution in [3.8, 4) is 0 Å². The van der Waals surface area contributed by atoms with E-state index in [1.54, 1.807) is 6.07 Å². The van der Waals surface area contributed by atoms with Gasteiger partial charge in [0.15, 0.2) is 5.13 Å². The third kappa shape index (κ3) is 4.28. The number of rotatable bonds is 5. The van der Waals surface area contributed by atoms with Crippen LogP contribution in [0.15, 0.2) is 21.7 Å². The van der Waals surface area contributed by atoms with Gasteiger partial charge >= 0.3 is 0 Å². The van der Waals surface area contributed by atoms with Gasteiger partial charge in [-0.25, -0.2) is 13.4 Å². The highest BCUT2D eigenvalue weighted by molar-refractivity contribution is 7.91. The number of hydrogen-bond donors (Lipinski definition) is 1. The Bertz CT molecular complexity index is 883. The van der Waals surface area contributed by atoms with Gasteiger partial charge in [-0.1, -0.05) is 25.4 Å². The van der Waals surface area contributed by atoms with Crippen LogP contribution in [0.3, 0.4) is 0 Å². The van der Waals surface area contributed by atoms with Crippen molar-refractivity contribution >= 4 is 55.3 Å². The van der Waals surface area contributed by atoms with Crippen LogP contribution in [-0.4, -0.2) is 36.7 Å². The molecule has 0 aromatic carbocycles. The monoisotopic (exact) mass is 433 g/mol. The molecule has 1 fully saturated rings. The molecular weight excluding hydrogens is 414 g/mol. The summed E-state index contributed by atoms with van der Waals surface area (Å²) in [7, 11) is -3.53. The van der Waals surface area contributed by atoms with Crippen molar-refractivity contribution in [2.24, 2.45) is 5.92 Å².